The zero-order valence-electron chi connectivity index (χ0n) is 17.2. The second-order valence-corrected chi connectivity index (χ2v) is 7.51. The van der Waals surface area contributed by atoms with Crippen molar-refractivity contribution < 1.29 is 19.4 Å². The number of aliphatic hydroxyl groups is 1. The van der Waals surface area contributed by atoms with E-state index in [0.717, 1.165) is 5.56 Å². The third-order valence-electron chi connectivity index (χ3n) is 5.41. The van der Waals surface area contributed by atoms with Gasteiger partial charge in [-0.05, 0) is 37.1 Å². The van der Waals surface area contributed by atoms with Crippen molar-refractivity contribution >= 4 is 22.4 Å². The van der Waals surface area contributed by atoms with Crippen LogP contribution in [0.25, 0.3) is 10.8 Å². The first kappa shape index (κ1) is 20.7. The minimum Gasteiger partial charge on any atom is -0.462 e. The lowest BCUT2D eigenvalue weighted by Gasteiger charge is -2.18. The van der Waals surface area contributed by atoms with Crippen molar-refractivity contribution in [1.82, 2.24) is 4.57 Å². The number of hydrogen-bond acceptors (Lipinski definition) is 5. The Morgan fingerprint density at radius 1 is 1.13 bits per heavy atom. The van der Waals surface area contributed by atoms with Crippen LogP contribution in [-0.2, 0) is 20.7 Å². The molecule has 0 fully saturated rings. The van der Waals surface area contributed by atoms with Crippen LogP contribution < -0.4 is 10.9 Å². The van der Waals surface area contributed by atoms with E-state index in [4.69, 9.17) is 9.47 Å². The minimum atomic E-state index is -0.574. The standard InChI is InChI=1S/C24H24N2O5/c1-16(13-27)26-11-10-18-19(24(26)29)8-5-9-21(18)25-23(28)20(22-14-30-15-31-22)12-17-6-3-2-4-7-17/h2-11,14,16,20,27H,12-13,15H2,1H3,(H,25,28). The van der Waals surface area contributed by atoms with E-state index in [-0.39, 0.29) is 30.9 Å². The van der Waals surface area contributed by atoms with Crippen molar-refractivity contribution in [2.45, 2.75) is 19.4 Å². The maximum absolute atomic E-state index is 13.3. The number of anilines is 1. The lowest BCUT2D eigenvalue weighted by Crippen LogP contribution is -2.27. The van der Waals surface area contributed by atoms with Crippen LogP contribution in [-0.4, -0.2) is 29.0 Å². The molecule has 2 heterocycles. The van der Waals surface area contributed by atoms with Gasteiger partial charge in [-0.3, -0.25) is 9.59 Å². The molecule has 4 rings (SSSR count). The fourth-order valence-electron chi connectivity index (χ4n) is 3.66. The first-order valence-corrected chi connectivity index (χ1v) is 10.1. The van der Waals surface area contributed by atoms with Crippen molar-refractivity contribution in [3.8, 4) is 0 Å². The number of aliphatic hydroxyl groups excluding tert-OH is 1. The zero-order valence-corrected chi connectivity index (χ0v) is 17.2. The molecule has 7 heteroatoms. The molecule has 0 saturated carbocycles. The van der Waals surface area contributed by atoms with E-state index < -0.39 is 5.92 Å². The van der Waals surface area contributed by atoms with Crippen molar-refractivity contribution in [3.05, 3.63) is 88.7 Å². The number of hydrogen-bond donors (Lipinski definition) is 2. The van der Waals surface area contributed by atoms with E-state index in [9.17, 15) is 14.7 Å². The molecular formula is C24H24N2O5. The van der Waals surface area contributed by atoms with Crippen LogP contribution in [0.4, 0.5) is 5.69 Å². The number of amides is 1. The molecular weight excluding hydrogens is 396 g/mol. The molecule has 0 radical (unpaired) electrons. The summed E-state index contributed by atoms with van der Waals surface area (Å²) in [6.45, 7) is 1.72. The summed E-state index contributed by atoms with van der Waals surface area (Å²) in [5.74, 6) is -0.350. The highest BCUT2D eigenvalue weighted by Gasteiger charge is 2.28. The highest BCUT2D eigenvalue weighted by atomic mass is 16.7. The van der Waals surface area contributed by atoms with Gasteiger partial charge in [-0.1, -0.05) is 36.4 Å². The average Bonchev–Trinajstić information content (AvgIpc) is 3.33. The van der Waals surface area contributed by atoms with Crippen LogP contribution in [0.2, 0.25) is 0 Å². The highest BCUT2D eigenvalue weighted by molar-refractivity contribution is 6.03. The molecule has 2 N–H and O–H groups in total. The number of nitrogens with zero attached hydrogens (tertiary/aromatic N) is 1. The Labute approximate surface area is 179 Å². The molecule has 1 amide bonds. The van der Waals surface area contributed by atoms with E-state index in [1.807, 2.05) is 30.3 Å². The molecule has 2 unspecified atom stereocenters. The molecule has 7 nitrogen and oxygen atoms in total. The number of ether oxygens (including phenoxy) is 2. The van der Waals surface area contributed by atoms with E-state index >= 15 is 0 Å². The van der Waals surface area contributed by atoms with E-state index in [2.05, 4.69) is 5.32 Å². The lowest BCUT2D eigenvalue weighted by molar-refractivity contribution is -0.119. The first-order valence-electron chi connectivity index (χ1n) is 10.1. The van der Waals surface area contributed by atoms with Gasteiger partial charge in [-0.2, -0.15) is 0 Å². The second-order valence-electron chi connectivity index (χ2n) is 7.51. The molecule has 0 saturated heterocycles. The molecule has 0 spiro atoms. The summed E-state index contributed by atoms with van der Waals surface area (Å²) in [5, 5.41) is 13.5. The predicted molar refractivity (Wildman–Crippen MR) is 117 cm³/mol. The predicted octanol–water partition coefficient (Wildman–Crippen LogP) is 3.20. The number of carbonyl (C=O) groups excluding carboxylic acids is 1. The Hall–Kier alpha value is -3.58. The Balaban J connectivity index is 1.65. The van der Waals surface area contributed by atoms with E-state index in [1.54, 1.807) is 37.4 Å². The number of nitrogens with one attached hydrogen (secondary N) is 1. The van der Waals surface area contributed by atoms with Crippen LogP contribution in [0.15, 0.2) is 77.6 Å². The van der Waals surface area contributed by atoms with Gasteiger partial charge in [0.1, 0.15) is 17.9 Å². The molecule has 160 valence electrons. The Kier molecular flexibility index (Phi) is 6.04. The average molecular weight is 420 g/mol. The number of rotatable bonds is 7. The molecule has 0 aliphatic carbocycles. The van der Waals surface area contributed by atoms with Crippen LogP contribution in [0, 0.1) is 5.92 Å². The van der Waals surface area contributed by atoms with Gasteiger partial charge >= 0.3 is 0 Å². The first-order chi connectivity index (χ1) is 15.1. The Morgan fingerprint density at radius 2 is 1.94 bits per heavy atom. The monoisotopic (exact) mass is 420 g/mol. The van der Waals surface area contributed by atoms with Gasteiger partial charge in [-0.15, -0.1) is 0 Å². The maximum atomic E-state index is 13.3. The topological polar surface area (TPSA) is 89.8 Å². The molecule has 1 aliphatic rings. The lowest BCUT2D eigenvalue weighted by atomic mass is 9.96. The van der Waals surface area contributed by atoms with Crippen LogP contribution in [0.3, 0.4) is 0 Å². The summed E-state index contributed by atoms with van der Waals surface area (Å²) < 4.78 is 12.2. The largest absolute Gasteiger partial charge is 0.462 e. The molecule has 3 aromatic rings. The summed E-state index contributed by atoms with van der Waals surface area (Å²) in [7, 11) is 0. The van der Waals surface area contributed by atoms with Gasteiger partial charge in [0.05, 0.1) is 12.6 Å². The quantitative estimate of drug-likeness (QED) is 0.613. The molecule has 0 bridgehead atoms. The smallest absolute Gasteiger partial charge is 0.258 e. The van der Waals surface area contributed by atoms with Crippen LogP contribution in [0.5, 0.6) is 0 Å². The van der Waals surface area contributed by atoms with Crippen molar-refractivity contribution in [3.63, 3.8) is 0 Å². The van der Waals surface area contributed by atoms with Crippen LogP contribution >= 0.6 is 0 Å². The normalized spacial score (nSPS) is 15.0. The number of benzene rings is 2. The van der Waals surface area contributed by atoms with Gasteiger partial charge in [0.15, 0.2) is 0 Å². The maximum Gasteiger partial charge on any atom is 0.258 e. The SMILES string of the molecule is CC(CO)n1ccc2c(NC(=O)C(Cc3ccccc3)C3=COCO3)cccc2c1=O. The summed E-state index contributed by atoms with van der Waals surface area (Å²) in [4.78, 5) is 26.1. The van der Waals surface area contributed by atoms with Gasteiger partial charge in [0.25, 0.3) is 5.56 Å². The number of fused-ring (bicyclic) bond motifs is 1. The number of aromatic nitrogens is 1. The van der Waals surface area contributed by atoms with E-state index in [1.165, 1.54) is 10.8 Å². The summed E-state index contributed by atoms with van der Waals surface area (Å²) in [6.07, 6.45) is 3.57. The fourth-order valence-corrected chi connectivity index (χ4v) is 3.66. The Morgan fingerprint density at radius 3 is 2.65 bits per heavy atom. The number of carbonyl (C=O) groups is 1. The molecule has 1 aliphatic heterocycles. The zero-order chi connectivity index (χ0) is 21.8. The van der Waals surface area contributed by atoms with Gasteiger partial charge < -0.3 is 24.5 Å². The van der Waals surface area contributed by atoms with Gasteiger partial charge in [0, 0.05) is 22.7 Å². The molecule has 1 aromatic heterocycles. The fraction of sp³-hybridized carbons (Fsp3) is 0.250. The van der Waals surface area contributed by atoms with E-state index in [0.29, 0.717) is 28.6 Å². The summed E-state index contributed by atoms with van der Waals surface area (Å²) >= 11 is 0. The third-order valence-corrected chi connectivity index (χ3v) is 5.41. The van der Waals surface area contributed by atoms with Crippen molar-refractivity contribution in [2.24, 2.45) is 5.92 Å². The van der Waals surface area contributed by atoms with Gasteiger partial charge in [0.2, 0.25) is 12.7 Å². The third kappa shape index (κ3) is 4.32. The van der Waals surface area contributed by atoms with Crippen molar-refractivity contribution in [2.75, 3.05) is 18.7 Å². The van der Waals surface area contributed by atoms with Gasteiger partial charge in [-0.25, -0.2) is 0 Å². The second kappa shape index (κ2) is 9.06. The Bertz CT molecular complexity index is 1170. The number of pyridine rings is 1. The van der Waals surface area contributed by atoms with Crippen LogP contribution in [0.1, 0.15) is 18.5 Å². The van der Waals surface area contributed by atoms with Crippen molar-refractivity contribution in [1.29, 1.82) is 0 Å². The summed E-state index contributed by atoms with van der Waals surface area (Å²) in [6, 6.07) is 16.3. The highest BCUT2D eigenvalue weighted by Crippen LogP contribution is 2.26. The minimum absolute atomic E-state index is 0.0880. The molecule has 2 aromatic carbocycles. The molecule has 31 heavy (non-hydrogen) atoms. The summed E-state index contributed by atoms with van der Waals surface area (Å²) in [5.41, 5.74) is 1.32. The molecule has 2 atom stereocenters.